The predicted octanol–water partition coefficient (Wildman–Crippen LogP) is 6.28. The highest BCUT2D eigenvalue weighted by Gasteiger charge is 2.48. The fourth-order valence-electron chi connectivity index (χ4n) is 3.37. The topological polar surface area (TPSA) is 70.8 Å². The maximum absolute atomic E-state index is 13.0. The molecule has 2 aromatic carbocycles. The Balaban J connectivity index is 1.94. The monoisotopic (exact) mass is 505 g/mol. The van der Waals surface area contributed by atoms with Gasteiger partial charge in [0.2, 0.25) is 0 Å². The molecule has 2 heterocycles. The highest BCUT2D eigenvalue weighted by molar-refractivity contribution is 9.10. The first kappa shape index (κ1) is 20.7. The van der Waals surface area contributed by atoms with Gasteiger partial charge in [0.25, 0.3) is 11.7 Å². The summed E-state index contributed by atoms with van der Waals surface area (Å²) in [5, 5.41) is 11.5. The van der Waals surface area contributed by atoms with Gasteiger partial charge in [-0.15, -0.1) is 0 Å². The van der Waals surface area contributed by atoms with E-state index in [4.69, 9.17) is 27.6 Å². The average molecular weight is 507 g/mol. The van der Waals surface area contributed by atoms with E-state index in [2.05, 4.69) is 15.9 Å². The molecule has 1 aromatic heterocycles. The Morgan fingerprint density at radius 1 is 1.03 bits per heavy atom. The first-order valence-corrected chi connectivity index (χ1v) is 10.4. The second kappa shape index (κ2) is 7.95. The number of Topliss-reactive ketones (excluding diaryl/α,β-unsaturated/α-hetero) is 1. The van der Waals surface area contributed by atoms with Crippen molar-refractivity contribution < 1.29 is 19.1 Å². The van der Waals surface area contributed by atoms with Crippen molar-refractivity contribution in [1.29, 1.82) is 0 Å². The molecule has 1 aliphatic rings. The second-order valence-corrected chi connectivity index (χ2v) is 8.45. The van der Waals surface area contributed by atoms with Gasteiger partial charge >= 0.3 is 0 Å². The van der Waals surface area contributed by atoms with E-state index in [0.717, 1.165) is 4.47 Å². The summed E-state index contributed by atoms with van der Waals surface area (Å²) in [5.41, 5.74) is 0.676. The van der Waals surface area contributed by atoms with Crippen LogP contribution in [0, 0.1) is 6.92 Å². The number of amides is 1. The van der Waals surface area contributed by atoms with Crippen molar-refractivity contribution in [2.45, 2.75) is 13.0 Å². The van der Waals surface area contributed by atoms with Crippen LogP contribution in [0.4, 0.5) is 5.69 Å². The largest absolute Gasteiger partial charge is 0.507 e. The first-order valence-electron chi connectivity index (χ1n) is 8.86. The third-order valence-corrected chi connectivity index (χ3v) is 6.04. The third kappa shape index (κ3) is 3.55. The molecule has 0 aliphatic carbocycles. The van der Waals surface area contributed by atoms with E-state index in [-0.39, 0.29) is 21.9 Å². The number of benzene rings is 2. The molecule has 1 amide bonds. The summed E-state index contributed by atoms with van der Waals surface area (Å²) in [7, 11) is 0. The zero-order valence-electron chi connectivity index (χ0n) is 15.5. The molecule has 0 spiro atoms. The van der Waals surface area contributed by atoms with E-state index in [1.54, 1.807) is 43.3 Å². The minimum atomic E-state index is -0.936. The summed E-state index contributed by atoms with van der Waals surface area (Å²) in [4.78, 5) is 27.3. The van der Waals surface area contributed by atoms with Gasteiger partial charge in [-0.05, 0) is 61.5 Å². The lowest BCUT2D eigenvalue weighted by Gasteiger charge is -2.23. The molecular weight excluding hydrogens is 493 g/mol. The predicted molar refractivity (Wildman–Crippen MR) is 119 cm³/mol. The Kier molecular flexibility index (Phi) is 5.49. The van der Waals surface area contributed by atoms with E-state index in [1.165, 1.54) is 23.1 Å². The molecular formula is C22H14BrCl2NO4. The number of hydrogen-bond acceptors (Lipinski definition) is 4. The third-order valence-electron chi connectivity index (χ3n) is 4.77. The fraction of sp³-hybridized carbons (Fsp3) is 0.0909. The van der Waals surface area contributed by atoms with Crippen LogP contribution in [0.25, 0.3) is 5.76 Å². The molecule has 4 rings (SSSR count). The molecule has 3 aromatic rings. The van der Waals surface area contributed by atoms with Gasteiger partial charge in [-0.3, -0.25) is 14.5 Å². The number of furan rings is 1. The van der Waals surface area contributed by atoms with Crippen molar-refractivity contribution in [3.63, 3.8) is 0 Å². The molecule has 1 fully saturated rings. The Hall–Kier alpha value is -2.54. The number of carbonyl (C=O) groups excluding carboxylic acids is 2. The Morgan fingerprint density at radius 3 is 2.33 bits per heavy atom. The van der Waals surface area contributed by atoms with Crippen molar-refractivity contribution in [1.82, 2.24) is 0 Å². The summed E-state index contributed by atoms with van der Waals surface area (Å²) in [6.45, 7) is 1.76. The van der Waals surface area contributed by atoms with E-state index >= 15 is 0 Å². The number of aliphatic hydroxyl groups is 1. The molecule has 0 saturated carbocycles. The van der Waals surface area contributed by atoms with Gasteiger partial charge < -0.3 is 9.52 Å². The minimum absolute atomic E-state index is 0.0874. The molecule has 1 saturated heterocycles. The molecule has 0 bridgehead atoms. The van der Waals surface area contributed by atoms with Gasteiger partial charge in [0.15, 0.2) is 0 Å². The standard InChI is InChI=1S/C22H14BrCl2NO4/c1-11-2-9-17(30-11)19-18(20(27)12-3-8-15(24)16(25)10-12)21(28)22(29)26(19)14-6-4-13(23)5-7-14/h2-10,19,27H,1H3/b20-18-. The smallest absolute Gasteiger partial charge is 0.300 e. The molecule has 5 nitrogen and oxygen atoms in total. The number of rotatable bonds is 3. The molecule has 0 radical (unpaired) electrons. The molecule has 152 valence electrons. The molecule has 1 unspecified atom stereocenters. The van der Waals surface area contributed by atoms with Crippen LogP contribution in [0.3, 0.4) is 0 Å². The van der Waals surface area contributed by atoms with E-state index < -0.39 is 17.7 Å². The SMILES string of the molecule is Cc1ccc(C2/C(=C(/O)c3ccc(Cl)c(Cl)c3)C(=O)C(=O)N2c2ccc(Br)cc2)o1. The molecule has 1 aliphatic heterocycles. The van der Waals surface area contributed by atoms with Gasteiger partial charge in [0.05, 0.1) is 15.6 Å². The lowest BCUT2D eigenvalue weighted by Crippen LogP contribution is -2.29. The first-order chi connectivity index (χ1) is 14.3. The van der Waals surface area contributed by atoms with Gasteiger partial charge in [-0.25, -0.2) is 0 Å². The van der Waals surface area contributed by atoms with Crippen LogP contribution >= 0.6 is 39.1 Å². The molecule has 1 atom stereocenters. The molecule has 8 heteroatoms. The van der Waals surface area contributed by atoms with Crippen molar-refractivity contribution in [3.05, 3.63) is 91.8 Å². The van der Waals surface area contributed by atoms with Crippen molar-refractivity contribution in [2.75, 3.05) is 4.90 Å². The van der Waals surface area contributed by atoms with Crippen LogP contribution in [0.1, 0.15) is 23.1 Å². The lowest BCUT2D eigenvalue weighted by atomic mass is 9.99. The number of ketones is 1. The van der Waals surface area contributed by atoms with Crippen molar-refractivity contribution in [3.8, 4) is 0 Å². The summed E-state index contributed by atoms with van der Waals surface area (Å²) in [6, 6.07) is 13.9. The van der Waals surface area contributed by atoms with Crippen LogP contribution in [0.2, 0.25) is 10.0 Å². The number of carbonyl (C=O) groups is 2. The fourth-order valence-corrected chi connectivity index (χ4v) is 3.93. The summed E-state index contributed by atoms with van der Waals surface area (Å²) < 4.78 is 6.57. The van der Waals surface area contributed by atoms with Crippen molar-refractivity contribution >= 4 is 62.3 Å². The number of hydrogen-bond donors (Lipinski definition) is 1. The summed E-state index contributed by atoms with van der Waals surface area (Å²) in [5.74, 6) is -0.971. The number of halogens is 3. The van der Waals surface area contributed by atoms with Crippen LogP contribution < -0.4 is 4.90 Å². The summed E-state index contributed by atoms with van der Waals surface area (Å²) in [6.07, 6.45) is 0. The Morgan fingerprint density at radius 2 is 1.73 bits per heavy atom. The van der Waals surface area contributed by atoms with E-state index in [9.17, 15) is 14.7 Å². The van der Waals surface area contributed by atoms with Crippen LogP contribution in [-0.4, -0.2) is 16.8 Å². The van der Waals surface area contributed by atoms with E-state index in [0.29, 0.717) is 22.2 Å². The molecule has 1 N–H and O–H groups in total. The number of anilines is 1. The molecule has 30 heavy (non-hydrogen) atoms. The maximum atomic E-state index is 13.0. The highest BCUT2D eigenvalue weighted by Crippen LogP contribution is 2.43. The number of aryl methyl sites for hydroxylation is 1. The van der Waals surface area contributed by atoms with Crippen molar-refractivity contribution in [2.24, 2.45) is 0 Å². The zero-order valence-corrected chi connectivity index (χ0v) is 18.6. The Labute approximate surface area is 190 Å². The van der Waals surface area contributed by atoms with E-state index in [1.807, 2.05) is 0 Å². The summed E-state index contributed by atoms with van der Waals surface area (Å²) >= 11 is 15.4. The van der Waals surface area contributed by atoms with Gasteiger partial charge in [0.1, 0.15) is 23.3 Å². The quantitative estimate of drug-likeness (QED) is 0.257. The van der Waals surface area contributed by atoms with Gasteiger partial charge in [0, 0.05) is 15.7 Å². The zero-order chi connectivity index (χ0) is 21.6. The number of nitrogens with zero attached hydrogens (tertiary/aromatic N) is 1. The Bertz CT molecular complexity index is 1200. The van der Waals surface area contributed by atoms with Crippen LogP contribution in [0.15, 0.2) is 69.1 Å². The maximum Gasteiger partial charge on any atom is 0.300 e. The number of aliphatic hydroxyl groups excluding tert-OH is 1. The van der Waals surface area contributed by atoms with Gasteiger partial charge in [-0.1, -0.05) is 39.1 Å². The van der Waals surface area contributed by atoms with Gasteiger partial charge in [-0.2, -0.15) is 0 Å². The van der Waals surface area contributed by atoms with Crippen LogP contribution in [0.5, 0.6) is 0 Å². The average Bonchev–Trinajstić information content (AvgIpc) is 3.26. The highest BCUT2D eigenvalue weighted by atomic mass is 79.9. The second-order valence-electron chi connectivity index (χ2n) is 6.72. The minimum Gasteiger partial charge on any atom is -0.507 e. The lowest BCUT2D eigenvalue weighted by molar-refractivity contribution is -0.132. The van der Waals surface area contributed by atoms with Crippen LogP contribution in [-0.2, 0) is 9.59 Å². The normalized spacial score (nSPS) is 18.3.